The molecule has 0 radical (unpaired) electrons. The Labute approximate surface area is 75.2 Å². The molecule has 13 heavy (non-hydrogen) atoms. The van der Waals surface area contributed by atoms with Gasteiger partial charge in [0.15, 0.2) is 5.76 Å². The first-order valence-electron chi connectivity index (χ1n) is 3.65. The maximum absolute atomic E-state index is 10.7. The molecule has 0 aromatic carbocycles. The fourth-order valence-corrected chi connectivity index (χ4v) is 0.917. The third kappa shape index (κ3) is 1.84. The summed E-state index contributed by atoms with van der Waals surface area (Å²) >= 11 is 0. The maximum Gasteiger partial charge on any atom is 0.341 e. The Balaban J connectivity index is 3.14. The van der Waals surface area contributed by atoms with Gasteiger partial charge >= 0.3 is 5.97 Å². The minimum absolute atomic E-state index is 0.0955. The molecule has 0 saturated carbocycles. The first-order valence-corrected chi connectivity index (χ1v) is 3.65. The first-order chi connectivity index (χ1) is 6.16. The number of hydrogen-bond donors (Lipinski definition) is 1. The Bertz CT molecular complexity index is 363. The molecule has 1 rings (SSSR count). The molecule has 4 nitrogen and oxygen atoms in total. The highest BCUT2D eigenvalue weighted by molar-refractivity contribution is 5.92. The van der Waals surface area contributed by atoms with Crippen LogP contribution in [0.3, 0.4) is 0 Å². The van der Waals surface area contributed by atoms with Crippen LogP contribution in [0.2, 0.25) is 0 Å². The number of rotatable bonds is 3. The Kier molecular flexibility index (Phi) is 2.64. The molecule has 0 aliphatic carbocycles. The van der Waals surface area contributed by atoms with E-state index < -0.39 is 5.97 Å². The summed E-state index contributed by atoms with van der Waals surface area (Å²) < 4.78 is 4.79. The lowest BCUT2D eigenvalue weighted by Gasteiger charge is -1.88. The van der Waals surface area contributed by atoms with Crippen molar-refractivity contribution in [1.29, 1.82) is 0 Å². The van der Waals surface area contributed by atoms with Crippen molar-refractivity contribution in [3.05, 3.63) is 35.7 Å². The molecule has 0 spiro atoms. The van der Waals surface area contributed by atoms with E-state index in [9.17, 15) is 4.79 Å². The molecular weight excluding hydrogens is 170 g/mol. The lowest BCUT2D eigenvalue weighted by molar-refractivity contribution is 0.0695. The number of aryl methyl sites for hydroxylation is 1. The molecule has 4 heteroatoms. The van der Waals surface area contributed by atoms with Crippen LogP contribution in [0.5, 0.6) is 0 Å². The average molecular weight is 179 g/mol. The van der Waals surface area contributed by atoms with Gasteiger partial charge in [-0.15, -0.1) is 0 Å². The minimum Gasteiger partial charge on any atom is -0.477 e. The summed E-state index contributed by atoms with van der Waals surface area (Å²) in [7, 11) is 0. The third-order valence-electron chi connectivity index (χ3n) is 1.49. The van der Waals surface area contributed by atoms with Crippen molar-refractivity contribution in [3.8, 4) is 0 Å². The van der Waals surface area contributed by atoms with E-state index in [1.165, 1.54) is 12.2 Å². The van der Waals surface area contributed by atoms with Crippen LogP contribution in [0.1, 0.15) is 21.8 Å². The van der Waals surface area contributed by atoms with E-state index >= 15 is 0 Å². The molecule has 1 aromatic rings. The number of allylic oxidation sites excluding steroid dienone is 2. The number of carboxylic acid groups (broad SMARTS) is 1. The van der Waals surface area contributed by atoms with Gasteiger partial charge in [0.25, 0.3) is 0 Å². The van der Waals surface area contributed by atoms with Gasteiger partial charge in [-0.05, 0) is 13.0 Å². The van der Waals surface area contributed by atoms with Crippen LogP contribution in [0, 0.1) is 6.92 Å². The van der Waals surface area contributed by atoms with Crippen LogP contribution in [-0.2, 0) is 0 Å². The predicted molar refractivity (Wildman–Crippen MR) is 47.4 cm³/mol. The fourth-order valence-electron chi connectivity index (χ4n) is 0.917. The van der Waals surface area contributed by atoms with Crippen molar-refractivity contribution in [3.63, 3.8) is 0 Å². The summed E-state index contributed by atoms with van der Waals surface area (Å²) in [6, 6.07) is 0. The highest BCUT2D eigenvalue weighted by atomic mass is 16.5. The number of aromatic nitrogens is 1. The summed E-state index contributed by atoms with van der Waals surface area (Å²) in [5, 5.41) is 12.3. The van der Waals surface area contributed by atoms with Crippen LogP contribution in [-0.4, -0.2) is 16.2 Å². The molecule has 0 saturated heterocycles. The third-order valence-corrected chi connectivity index (χ3v) is 1.49. The van der Waals surface area contributed by atoms with Crippen LogP contribution in [0.4, 0.5) is 0 Å². The van der Waals surface area contributed by atoms with E-state index in [1.54, 1.807) is 13.0 Å². The van der Waals surface area contributed by atoms with Gasteiger partial charge in [0.05, 0.1) is 5.69 Å². The lowest BCUT2D eigenvalue weighted by Crippen LogP contribution is -1.98. The van der Waals surface area contributed by atoms with Crippen molar-refractivity contribution >= 4 is 12.0 Å². The maximum atomic E-state index is 10.7. The summed E-state index contributed by atoms with van der Waals surface area (Å²) in [4.78, 5) is 10.7. The van der Waals surface area contributed by atoms with Crippen LogP contribution < -0.4 is 0 Å². The van der Waals surface area contributed by atoms with Crippen molar-refractivity contribution < 1.29 is 14.4 Å². The molecule has 0 aliphatic heterocycles. The van der Waals surface area contributed by atoms with Gasteiger partial charge in [-0.2, -0.15) is 0 Å². The Hall–Kier alpha value is -1.84. The number of hydrogen-bond acceptors (Lipinski definition) is 3. The van der Waals surface area contributed by atoms with Gasteiger partial charge in [-0.3, -0.25) is 0 Å². The van der Waals surface area contributed by atoms with Crippen molar-refractivity contribution in [1.82, 2.24) is 5.16 Å². The molecular formula is C9H9NO3. The number of nitrogens with zero attached hydrogens (tertiary/aromatic N) is 1. The molecule has 1 heterocycles. The molecule has 0 aliphatic rings. The molecule has 68 valence electrons. The van der Waals surface area contributed by atoms with Gasteiger partial charge in [0.2, 0.25) is 0 Å². The van der Waals surface area contributed by atoms with Crippen molar-refractivity contribution in [2.24, 2.45) is 0 Å². The normalized spacial score (nSPS) is 10.5. The van der Waals surface area contributed by atoms with Crippen molar-refractivity contribution in [2.75, 3.05) is 0 Å². The molecule has 0 atom stereocenters. The predicted octanol–water partition coefficient (Wildman–Crippen LogP) is 1.88. The van der Waals surface area contributed by atoms with Gasteiger partial charge in [-0.25, -0.2) is 4.79 Å². The van der Waals surface area contributed by atoms with E-state index in [-0.39, 0.29) is 11.3 Å². The van der Waals surface area contributed by atoms with Crippen molar-refractivity contribution in [2.45, 2.75) is 6.92 Å². The second kappa shape index (κ2) is 3.71. The topological polar surface area (TPSA) is 63.3 Å². The van der Waals surface area contributed by atoms with Gasteiger partial charge in [0.1, 0.15) is 5.56 Å². The summed E-state index contributed by atoms with van der Waals surface area (Å²) in [6.45, 7) is 5.04. The molecule has 0 unspecified atom stereocenters. The van der Waals surface area contributed by atoms with Crippen LogP contribution in [0.25, 0.3) is 6.08 Å². The van der Waals surface area contributed by atoms with Crippen LogP contribution >= 0.6 is 0 Å². The zero-order valence-corrected chi connectivity index (χ0v) is 7.15. The highest BCUT2D eigenvalue weighted by Gasteiger charge is 2.16. The lowest BCUT2D eigenvalue weighted by atomic mass is 10.2. The Morgan fingerprint density at radius 1 is 1.69 bits per heavy atom. The second-order valence-electron chi connectivity index (χ2n) is 2.41. The zero-order valence-electron chi connectivity index (χ0n) is 7.15. The fraction of sp³-hybridized carbons (Fsp3) is 0.111. The quantitative estimate of drug-likeness (QED) is 0.719. The van der Waals surface area contributed by atoms with Gasteiger partial charge < -0.3 is 9.63 Å². The van der Waals surface area contributed by atoms with Gasteiger partial charge in [-0.1, -0.05) is 23.9 Å². The SMILES string of the molecule is C=C/C=C/c1onc(C)c1C(=O)O. The zero-order chi connectivity index (χ0) is 9.84. The van der Waals surface area contributed by atoms with E-state index in [4.69, 9.17) is 9.63 Å². The van der Waals surface area contributed by atoms with Crippen LogP contribution in [0.15, 0.2) is 23.3 Å². The van der Waals surface area contributed by atoms with E-state index in [1.807, 2.05) is 0 Å². The molecule has 1 N–H and O–H groups in total. The van der Waals surface area contributed by atoms with E-state index in [0.717, 1.165) is 0 Å². The number of carbonyl (C=O) groups is 1. The Morgan fingerprint density at radius 3 is 2.92 bits per heavy atom. The smallest absolute Gasteiger partial charge is 0.341 e. The first kappa shape index (κ1) is 9.25. The summed E-state index contributed by atoms with van der Waals surface area (Å²) in [5.41, 5.74) is 0.467. The highest BCUT2D eigenvalue weighted by Crippen LogP contribution is 2.14. The average Bonchev–Trinajstić information content (AvgIpc) is 2.43. The number of carboxylic acids is 1. The summed E-state index contributed by atoms with van der Waals surface area (Å²) in [6.07, 6.45) is 4.63. The van der Waals surface area contributed by atoms with E-state index in [2.05, 4.69) is 11.7 Å². The summed E-state index contributed by atoms with van der Waals surface area (Å²) in [5.74, 6) is -0.799. The molecule has 0 bridgehead atoms. The number of aromatic carboxylic acids is 1. The molecule has 0 amide bonds. The standard InChI is InChI=1S/C9H9NO3/c1-3-4-5-7-8(9(11)12)6(2)10-13-7/h3-5H,1H2,2H3,(H,11,12)/b5-4+. The van der Waals surface area contributed by atoms with E-state index in [0.29, 0.717) is 5.69 Å². The second-order valence-corrected chi connectivity index (χ2v) is 2.41. The largest absolute Gasteiger partial charge is 0.477 e. The minimum atomic E-state index is -1.04. The monoisotopic (exact) mass is 179 g/mol. The molecule has 0 fully saturated rings. The molecule has 1 aromatic heterocycles. The van der Waals surface area contributed by atoms with Gasteiger partial charge in [0, 0.05) is 0 Å². The Morgan fingerprint density at radius 2 is 2.38 bits per heavy atom.